The molecule has 0 unspecified atom stereocenters. The molecule has 0 atom stereocenters. The average molecular weight is 424 g/mol. The van der Waals surface area contributed by atoms with Crippen LogP contribution in [0.3, 0.4) is 0 Å². The van der Waals surface area contributed by atoms with Crippen LogP contribution in [-0.2, 0) is 0 Å². The Morgan fingerprint density at radius 3 is 2.32 bits per heavy atom. The Morgan fingerprint density at radius 1 is 1.18 bits per heavy atom. The third kappa shape index (κ3) is 6.27. The van der Waals surface area contributed by atoms with Gasteiger partial charge in [0.2, 0.25) is 5.95 Å². The van der Waals surface area contributed by atoms with Crippen molar-refractivity contribution in [1.82, 2.24) is 14.8 Å². The van der Waals surface area contributed by atoms with E-state index in [1.807, 2.05) is 45.9 Å². The molecule has 2 N–H and O–H groups in total. The molecule has 0 aliphatic carbocycles. The van der Waals surface area contributed by atoms with Crippen molar-refractivity contribution in [1.29, 1.82) is 5.41 Å². The number of nitrogens with one attached hydrogen (secondary N) is 2. The summed E-state index contributed by atoms with van der Waals surface area (Å²) in [6.07, 6.45) is 2.76. The van der Waals surface area contributed by atoms with Crippen LogP contribution in [0, 0.1) is 11.3 Å². The van der Waals surface area contributed by atoms with Crippen molar-refractivity contribution >= 4 is 50.6 Å². The van der Waals surface area contributed by atoms with Crippen LogP contribution in [0.15, 0.2) is 33.8 Å². The molecule has 0 saturated heterocycles. The predicted octanol–water partition coefficient (Wildman–Crippen LogP) is 7.28. The number of fused-ring (bicyclic) bond motifs is 1. The monoisotopic (exact) mass is 423 g/mol. The summed E-state index contributed by atoms with van der Waals surface area (Å²) in [6, 6.07) is 5.65. The number of hydrogen-bond donors (Lipinski definition) is 2. The number of anilines is 2. The van der Waals surface area contributed by atoms with E-state index in [-0.39, 0.29) is 5.92 Å². The lowest BCUT2D eigenvalue weighted by Gasteiger charge is -2.04. The molecule has 28 heavy (non-hydrogen) atoms. The van der Waals surface area contributed by atoms with E-state index in [1.165, 1.54) is 4.68 Å². The molecule has 1 aromatic carbocycles. The minimum atomic E-state index is 0.170. The second-order valence-electron chi connectivity index (χ2n) is 6.73. The summed E-state index contributed by atoms with van der Waals surface area (Å²) >= 11 is 0. The molecule has 0 amide bonds. The van der Waals surface area contributed by atoms with E-state index >= 15 is 0 Å². The smallest absolute Gasteiger partial charge is 0.247 e. The molecule has 0 spiro atoms. The van der Waals surface area contributed by atoms with Gasteiger partial charge in [0.15, 0.2) is 5.58 Å². The summed E-state index contributed by atoms with van der Waals surface area (Å²) in [5, 5.41) is 15.7. The van der Waals surface area contributed by atoms with Gasteiger partial charge in [0.25, 0.3) is 0 Å². The SMILES string of the molecule is CC.CC(C)C.CC(C)c1nc(Nc2ccc(SCl)c3ccoc23)nn1C=N. The molecule has 3 aromatic rings. The van der Waals surface area contributed by atoms with E-state index in [0.717, 1.165) is 45.0 Å². The lowest BCUT2D eigenvalue weighted by Crippen LogP contribution is -2.04. The number of rotatable bonds is 5. The van der Waals surface area contributed by atoms with Crippen LogP contribution in [0.4, 0.5) is 11.6 Å². The minimum Gasteiger partial charge on any atom is -0.462 e. The van der Waals surface area contributed by atoms with E-state index in [4.69, 9.17) is 20.5 Å². The van der Waals surface area contributed by atoms with Gasteiger partial charge in [-0.15, -0.1) is 5.10 Å². The van der Waals surface area contributed by atoms with Crippen LogP contribution in [0.2, 0.25) is 0 Å². The van der Waals surface area contributed by atoms with E-state index in [1.54, 1.807) is 6.26 Å². The maximum atomic E-state index is 7.40. The lowest BCUT2D eigenvalue weighted by molar-refractivity contribution is 0.616. The summed E-state index contributed by atoms with van der Waals surface area (Å²) in [5.74, 6) is 2.15. The summed E-state index contributed by atoms with van der Waals surface area (Å²) in [4.78, 5) is 5.35. The molecule has 0 fully saturated rings. The maximum Gasteiger partial charge on any atom is 0.247 e. The topological polar surface area (TPSA) is 79.7 Å². The molecule has 6 nitrogen and oxygen atoms in total. The number of aromatic nitrogens is 3. The van der Waals surface area contributed by atoms with Gasteiger partial charge in [0.05, 0.1) is 12.0 Å². The molecule has 0 aliphatic rings. The zero-order chi connectivity index (χ0) is 21.3. The van der Waals surface area contributed by atoms with Crippen molar-refractivity contribution < 1.29 is 4.42 Å². The molecular weight excluding hydrogens is 394 g/mol. The second-order valence-corrected chi connectivity index (χ2v) is 7.79. The van der Waals surface area contributed by atoms with Gasteiger partial charge in [-0.1, -0.05) is 48.5 Å². The van der Waals surface area contributed by atoms with Crippen molar-refractivity contribution in [3.63, 3.8) is 0 Å². The molecule has 0 bridgehead atoms. The van der Waals surface area contributed by atoms with Crippen molar-refractivity contribution in [2.45, 2.75) is 59.3 Å². The Morgan fingerprint density at radius 2 is 1.82 bits per heavy atom. The minimum absolute atomic E-state index is 0.170. The molecule has 0 aliphatic heterocycles. The summed E-state index contributed by atoms with van der Waals surface area (Å²) in [6.45, 7) is 14.5. The highest BCUT2D eigenvalue weighted by atomic mass is 35.7. The lowest BCUT2D eigenvalue weighted by atomic mass is 10.2. The third-order valence-electron chi connectivity index (χ3n) is 3.20. The fourth-order valence-corrected chi connectivity index (χ4v) is 2.97. The van der Waals surface area contributed by atoms with Crippen LogP contribution < -0.4 is 5.32 Å². The fraction of sp³-hybridized carbons (Fsp3) is 0.450. The Balaban J connectivity index is 0.000000583. The first-order valence-electron chi connectivity index (χ1n) is 9.40. The Kier molecular flexibility index (Phi) is 10.1. The Hall–Kier alpha value is -1.99. The van der Waals surface area contributed by atoms with Crippen molar-refractivity contribution in [3.8, 4) is 0 Å². The summed E-state index contributed by atoms with van der Waals surface area (Å²) in [5.41, 5.74) is 1.45. The van der Waals surface area contributed by atoms with Gasteiger partial charge in [-0.3, -0.25) is 5.41 Å². The van der Waals surface area contributed by atoms with Gasteiger partial charge in [-0.25, -0.2) is 4.68 Å². The Labute approximate surface area is 176 Å². The van der Waals surface area contributed by atoms with Crippen molar-refractivity contribution in [2.75, 3.05) is 5.32 Å². The normalized spacial score (nSPS) is 10.4. The second kappa shape index (κ2) is 11.8. The molecule has 0 radical (unpaired) electrons. The van der Waals surface area contributed by atoms with Crippen LogP contribution in [0.25, 0.3) is 11.0 Å². The van der Waals surface area contributed by atoms with Crippen LogP contribution in [0.5, 0.6) is 0 Å². The Bertz CT molecular complexity index is 870. The molecule has 2 heterocycles. The largest absolute Gasteiger partial charge is 0.462 e. The molecule has 2 aromatic heterocycles. The molecule has 0 saturated carbocycles. The fourth-order valence-electron chi connectivity index (χ4n) is 2.20. The number of nitrogens with zero attached hydrogens (tertiary/aromatic N) is 3. The maximum absolute atomic E-state index is 7.40. The zero-order valence-corrected chi connectivity index (χ0v) is 19.1. The number of benzene rings is 1. The van der Waals surface area contributed by atoms with Crippen LogP contribution in [0.1, 0.15) is 60.2 Å². The van der Waals surface area contributed by atoms with E-state index in [2.05, 4.69) is 36.2 Å². The van der Waals surface area contributed by atoms with Gasteiger partial charge in [-0.05, 0) is 45.8 Å². The van der Waals surface area contributed by atoms with E-state index in [9.17, 15) is 0 Å². The van der Waals surface area contributed by atoms with Crippen LogP contribution in [-0.4, -0.2) is 21.1 Å². The average Bonchev–Trinajstić information content (AvgIpc) is 3.30. The summed E-state index contributed by atoms with van der Waals surface area (Å²) < 4.78 is 6.99. The van der Waals surface area contributed by atoms with Gasteiger partial charge in [0, 0.05) is 16.2 Å². The van der Waals surface area contributed by atoms with Gasteiger partial charge < -0.3 is 9.73 Å². The zero-order valence-electron chi connectivity index (χ0n) is 17.6. The van der Waals surface area contributed by atoms with Gasteiger partial charge in [0.1, 0.15) is 12.2 Å². The van der Waals surface area contributed by atoms with Gasteiger partial charge >= 0.3 is 0 Å². The van der Waals surface area contributed by atoms with E-state index in [0.29, 0.717) is 11.5 Å². The standard InChI is InChI=1S/C14H14ClN5OS.C4H10.C2H6/c1-8(2)13-18-14(19-20(13)7-16)17-10-3-4-11(22-15)9-5-6-21-12(9)10;1-4(2)3;1-2/h3-8,16H,1-2H3,(H,17,19);4H,1-3H3;1-2H3. The quantitative estimate of drug-likeness (QED) is 0.333. The number of hydrogen-bond acceptors (Lipinski definition) is 6. The van der Waals surface area contributed by atoms with E-state index < -0.39 is 0 Å². The highest BCUT2D eigenvalue weighted by Crippen LogP contribution is 2.36. The highest BCUT2D eigenvalue weighted by Gasteiger charge is 2.15. The third-order valence-corrected chi connectivity index (χ3v) is 4.22. The van der Waals surface area contributed by atoms with Crippen LogP contribution >= 0.6 is 21.7 Å². The molecule has 8 heteroatoms. The number of furan rings is 1. The predicted molar refractivity (Wildman–Crippen MR) is 121 cm³/mol. The van der Waals surface area contributed by atoms with Gasteiger partial charge in [-0.2, -0.15) is 4.98 Å². The number of halogens is 1. The first-order chi connectivity index (χ1) is 13.4. The highest BCUT2D eigenvalue weighted by molar-refractivity contribution is 8.21. The molecular formula is C20H30ClN5OS. The van der Waals surface area contributed by atoms with Crippen molar-refractivity contribution in [2.24, 2.45) is 5.92 Å². The molecule has 3 rings (SSSR count). The summed E-state index contributed by atoms with van der Waals surface area (Å²) in [7, 11) is 7.01. The van der Waals surface area contributed by atoms with Crippen molar-refractivity contribution in [3.05, 3.63) is 30.3 Å². The first kappa shape index (κ1) is 24.0. The molecule has 154 valence electrons. The first-order valence-corrected chi connectivity index (χ1v) is 11.0.